The molecule has 0 heterocycles. The highest BCUT2D eigenvalue weighted by Gasteiger charge is 2.11. The van der Waals surface area contributed by atoms with Crippen molar-refractivity contribution in [2.45, 2.75) is 19.4 Å². The Bertz CT molecular complexity index is 331. The van der Waals surface area contributed by atoms with Crippen molar-refractivity contribution in [3.63, 3.8) is 0 Å². The highest BCUT2D eigenvalue weighted by Crippen LogP contribution is 2.27. The van der Waals surface area contributed by atoms with Crippen LogP contribution in [0.2, 0.25) is 0 Å². The number of nitrogens with two attached hydrogens (primary N) is 1. The summed E-state index contributed by atoms with van der Waals surface area (Å²) in [5.41, 5.74) is 6.41. The van der Waals surface area contributed by atoms with E-state index in [9.17, 15) is 8.78 Å². The average Bonchev–Trinajstić information content (AvgIpc) is 2.14. The molecule has 1 rings (SSSR count). The summed E-state index contributed by atoms with van der Waals surface area (Å²) in [7, 11) is 0. The molecule has 0 aliphatic rings. The van der Waals surface area contributed by atoms with Crippen molar-refractivity contribution in [1.29, 1.82) is 0 Å². The summed E-state index contributed by atoms with van der Waals surface area (Å²) in [6, 6.07) is 4.95. The van der Waals surface area contributed by atoms with Crippen molar-refractivity contribution in [2.75, 3.05) is 6.61 Å². The monoisotopic (exact) mass is 279 g/mol. The first-order valence-corrected chi connectivity index (χ1v) is 5.26. The number of rotatable bonds is 4. The van der Waals surface area contributed by atoms with E-state index in [-0.39, 0.29) is 6.04 Å². The van der Waals surface area contributed by atoms with Crippen LogP contribution in [0.5, 0.6) is 5.75 Å². The Morgan fingerprint density at radius 2 is 2.13 bits per heavy atom. The van der Waals surface area contributed by atoms with Gasteiger partial charge in [-0.1, -0.05) is 22.0 Å². The third-order valence-electron chi connectivity index (χ3n) is 1.83. The minimum absolute atomic E-state index is 0.245. The Hall–Kier alpha value is -0.680. The van der Waals surface area contributed by atoms with Gasteiger partial charge in [-0.25, -0.2) is 8.78 Å². The van der Waals surface area contributed by atoms with Gasteiger partial charge < -0.3 is 10.5 Å². The molecular weight excluding hydrogens is 268 g/mol. The zero-order chi connectivity index (χ0) is 11.4. The van der Waals surface area contributed by atoms with Crippen molar-refractivity contribution in [3.05, 3.63) is 28.2 Å². The molecule has 0 saturated carbocycles. The molecule has 0 aromatic heterocycles. The normalized spacial score (nSPS) is 12.9. The third-order valence-corrected chi connectivity index (χ3v) is 2.32. The van der Waals surface area contributed by atoms with Crippen LogP contribution in [0.4, 0.5) is 8.78 Å². The summed E-state index contributed by atoms with van der Waals surface area (Å²) in [6.07, 6.45) is -2.48. The molecule has 1 aromatic rings. The highest BCUT2D eigenvalue weighted by molar-refractivity contribution is 9.10. The molecule has 2 N–H and O–H groups in total. The molecule has 1 atom stereocenters. The summed E-state index contributed by atoms with van der Waals surface area (Å²) >= 11 is 3.24. The van der Waals surface area contributed by atoms with E-state index in [1.54, 1.807) is 25.1 Å². The molecule has 0 spiro atoms. The minimum Gasteiger partial charge on any atom is -0.487 e. The lowest BCUT2D eigenvalue weighted by Gasteiger charge is -2.14. The molecule has 0 unspecified atom stereocenters. The van der Waals surface area contributed by atoms with Gasteiger partial charge in [0.1, 0.15) is 12.4 Å². The lowest BCUT2D eigenvalue weighted by Crippen LogP contribution is -2.12. The van der Waals surface area contributed by atoms with Gasteiger partial charge in [0.2, 0.25) is 0 Å². The highest BCUT2D eigenvalue weighted by atomic mass is 79.9. The maximum Gasteiger partial charge on any atom is 0.272 e. The molecule has 0 saturated heterocycles. The van der Waals surface area contributed by atoms with Gasteiger partial charge in [0, 0.05) is 16.1 Å². The van der Waals surface area contributed by atoms with Gasteiger partial charge in [-0.15, -0.1) is 0 Å². The Morgan fingerprint density at radius 1 is 1.47 bits per heavy atom. The maximum atomic E-state index is 12.0. The predicted molar refractivity (Wildman–Crippen MR) is 58.2 cm³/mol. The number of halogens is 3. The Morgan fingerprint density at radius 3 is 2.67 bits per heavy atom. The van der Waals surface area contributed by atoms with Crippen molar-refractivity contribution in [2.24, 2.45) is 5.73 Å². The van der Waals surface area contributed by atoms with Gasteiger partial charge in [0.25, 0.3) is 6.43 Å². The molecule has 0 aliphatic carbocycles. The first kappa shape index (κ1) is 12.4. The lowest BCUT2D eigenvalue weighted by molar-refractivity contribution is 0.0812. The second-order valence-corrected chi connectivity index (χ2v) is 4.09. The second kappa shape index (κ2) is 5.42. The maximum absolute atomic E-state index is 12.0. The summed E-state index contributed by atoms with van der Waals surface area (Å²) in [5.74, 6) is 0.402. The lowest BCUT2D eigenvalue weighted by atomic mass is 10.1. The van der Waals surface area contributed by atoms with Crippen LogP contribution in [-0.2, 0) is 0 Å². The van der Waals surface area contributed by atoms with Crippen LogP contribution in [0.3, 0.4) is 0 Å². The molecule has 1 aromatic carbocycles. The number of hydrogen-bond donors (Lipinski definition) is 1. The van der Waals surface area contributed by atoms with Gasteiger partial charge in [0.05, 0.1) is 0 Å². The van der Waals surface area contributed by atoms with E-state index in [4.69, 9.17) is 10.5 Å². The van der Waals surface area contributed by atoms with E-state index in [2.05, 4.69) is 15.9 Å². The number of alkyl halides is 2. The van der Waals surface area contributed by atoms with Gasteiger partial charge in [-0.3, -0.25) is 0 Å². The summed E-state index contributed by atoms with van der Waals surface area (Å²) in [5, 5.41) is 0. The molecule has 0 fully saturated rings. The topological polar surface area (TPSA) is 35.2 Å². The quantitative estimate of drug-likeness (QED) is 0.919. The smallest absolute Gasteiger partial charge is 0.272 e. The minimum atomic E-state index is -2.48. The van der Waals surface area contributed by atoms with Crippen LogP contribution in [0.15, 0.2) is 22.7 Å². The Labute approximate surface area is 95.5 Å². The first-order chi connectivity index (χ1) is 7.00. The van der Waals surface area contributed by atoms with Crippen LogP contribution < -0.4 is 10.5 Å². The molecule has 15 heavy (non-hydrogen) atoms. The first-order valence-electron chi connectivity index (χ1n) is 4.46. The fourth-order valence-corrected chi connectivity index (χ4v) is 1.50. The van der Waals surface area contributed by atoms with E-state index in [0.717, 1.165) is 10.0 Å². The second-order valence-electron chi connectivity index (χ2n) is 3.17. The van der Waals surface area contributed by atoms with Crippen LogP contribution in [-0.4, -0.2) is 13.0 Å². The molecule has 0 aliphatic heterocycles. The van der Waals surface area contributed by atoms with Crippen LogP contribution in [0, 0.1) is 0 Å². The van der Waals surface area contributed by atoms with Crippen molar-refractivity contribution >= 4 is 15.9 Å². The number of ether oxygens (including phenoxy) is 1. The molecule has 5 heteroatoms. The number of hydrogen-bond acceptors (Lipinski definition) is 2. The van der Waals surface area contributed by atoms with Gasteiger partial charge >= 0.3 is 0 Å². The molecular formula is C10H12BrF2NO. The summed E-state index contributed by atoms with van der Waals surface area (Å²) in [4.78, 5) is 0. The van der Waals surface area contributed by atoms with Crippen LogP contribution in [0.25, 0.3) is 0 Å². The van der Waals surface area contributed by atoms with Crippen molar-refractivity contribution in [1.82, 2.24) is 0 Å². The SMILES string of the molecule is C[C@H](N)c1ccc(Br)cc1OCC(F)F. The molecule has 0 radical (unpaired) electrons. The molecule has 84 valence electrons. The standard InChI is InChI=1S/C10H12BrF2NO/c1-6(14)8-3-2-7(11)4-9(8)15-5-10(12)13/h2-4,6,10H,5,14H2,1H3/t6-/m0/s1. The van der Waals surface area contributed by atoms with Gasteiger partial charge in [0.15, 0.2) is 0 Å². The summed E-state index contributed by atoms with van der Waals surface area (Å²) < 4.78 is 29.7. The molecule has 2 nitrogen and oxygen atoms in total. The van der Waals surface area contributed by atoms with E-state index in [0.29, 0.717) is 5.75 Å². The summed E-state index contributed by atoms with van der Waals surface area (Å²) in [6.45, 7) is 1.16. The fraction of sp³-hybridized carbons (Fsp3) is 0.400. The molecule has 0 amide bonds. The zero-order valence-corrected chi connectivity index (χ0v) is 9.80. The van der Waals surface area contributed by atoms with Crippen molar-refractivity contribution in [3.8, 4) is 5.75 Å². The van der Waals surface area contributed by atoms with E-state index in [1.165, 1.54) is 0 Å². The van der Waals surface area contributed by atoms with E-state index >= 15 is 0 Å². The largest absolute Gasteiger partial charge is 0.487 e. The predicted octanol–water partition coefficient (Wildman–Crippen LogP) is 3.11. The third kappa shape index (κ3) is 3.76. The van der Waals surface area contributed by atoms with E-state index < -0.39 is 13.0 Å². The van der Waals surface area contributed by atoms with Gasteiger partial charge in [-0.2, -0.15) is 0 Å². The van der Waals surface area contributed by atoms with Crippen LogP contribution in [0.1, 0.15) is 18.5 Å². The number of benzene rings is 1. The average molecular weight is 280 g/mol. The van der Waals surface area contributed by atoms with Crippen molar-refractivity contribution < 1.29 is 13.5 Å². The van der Waals surface area contributed by atoms with E-state index in [1.807, 2.05) is 0 Å². The van der Waals surface area contributed by atoms with Crippen LogP contribution >= 0.6 is 15.9 Å². The Kier molecular flexibility index (Phi) is 4.47. The zero-order valence-electron chi connectivity index (χ0n) is 8.21. The fourth-order valence-electron chi connectivity index (χ4n) is 1.16. The van der Waals surface area contributed by atoms with Gasteiger partial charge in [-0.05, 0) is 19.1 Å². The molecule has 0 bridgehead atoms. The Balaban J connectivity index is 2.87.